The number of aryl methyl sites for hydroxylation is 1. The van der Waals surface area contributed by atoms with Gasteiger partial charge in [-0.1, -0.05) is 20.8 Å². The average molecular weight is 277 g/mol. The third kappa shape index (κ3) is 3.43. The molecule has 1 heterocycles. The molecule has 1 N–H and O–H groups in total. The topological polar surface area (TPSA) is 29.9 Å². The van der Waals surface area contributed by atoms with Gasteiger partial charge in [0.05, 0.1) is 11.7 Å². The standard InChI is InChI=1S/C17H31N3/c1-5-12-20-16(10-11-19-20)17(18-4)15-8-6-14(7-9-15)13(2)3/h10-11,13-15,17-18H,5-9,12H2,1-4H3. The molecule has 1 fully saturated rings. The van der Waals surface area contributed by atoms with Crippen molar-refractivity contribution in [3.63, 3.8) is 0 Å². The molecule has 0 aliphatic heterocycles. The molecule has 1 aromatic rings. The zero-order valence-corrected chi connectivity index (χ0v) is 13.6. The summed E-state index contributed by atoms with van der Waals surface area (Å²) in [6, 6.07) is 2.67. The third-order valence-corrected chi connectivity index (χ3v) is 5.05. The molecule has 0 aromatic carbocycles. The molecule has 114 valence electrons. The Hall–Kier alpha value is -0.830. The van der Waals surface area contributed by atoms with Crippen LogP contribution in [-0.4, -0.2) is 16.8 Å². The molecule has 1 aliphatic rings. The molecule has 1 saturated carbocycles. The van der Waals surface area contributed by atoms with Gasteiger partial charge < -0.3 is 5.32 Å². The van der Waals surface area contributed by atoms with Crippen LogP contribution < -0.4 is 5.32 Å². The van der Waals surface area contributed by atoms with Crippen molar-refractivity contribution in [2.24, 2.45) is 17.8 Å². The van der Waals surface area contributed by atoms with Gasteiger partial charge in [0, 0.05) is 12.7 Å². The maximum atomic E-state index is 4.49. The molecule has 1 unspecified atom stereocenters. The maximum absolute atomic E-state index is 4.49. The molecule has 1 aromatic heterocycles. The van der Waals surface area contributed by atoms with Crippen molar-refractivity contribution in [2.75, 3.05) is 7.05 Å². The minimum absolute atomic E-state index is 0.470. The van der Waals surface area contributed by atoms with E-state index in [-0.39, 0.29) is 0 Å². The molecule has 1 aliphatic carbocycles. The molecular formula is C17H31N3. The van der Waals surface area contributed by atoms with Crippen molar-refractivity contribution in [3.05, 3.63) is 18.0 Å². The van der Waals surface area contributed by atoms with E-state index in [1.165, 1.54) is 31.4 Å². The van der Waals surface area contributed by atoms with E-state index in [9.17, 15) is 0 Å². The Labute approximate surface area is 124 Å². The second kappa shape index (κ2) is 7.26. The highest BCUT2D eigenvalue weighted by Crippen LogP contribution is 2.39. The average Bonchev–Trinajstić information content (AvgIpc) is 2.89. The van der Waals surface area contributed by atoms with Crippen molar-refractivity contribution in [1.82, 2.24) is 15.1 Å². The van der Waals surface area contributed by atoms with Crippen LogP contribution in [0, 0.1) is 17.8 Å². The highest BCUT2D eigenvalue weighted by molar-refractivity contribution is 5.09. The van der Waals surface area contributed by atoms with E-state index in [1.807, 2.05) is 6.20 Å². The largest absolute Gasteiger partial charge is 0.311 e. The Bertz CT molecular complexity index is 389. The first-order chi connectivity index (χ1) is 9.67. The molecule has 0 radical (unpaired) electrons. The smallest absolute Gasteiger partial charge is 0.0556 e. The van der Waals surface area contributed by atoms with E-state index in [2.05, 4.69) is 49.0 Å². The Morgan fingerprint density at radius 3 is 2.45 bits per heavy atom. The monoisotopic (exact) mass is 277 g/mol. The van der Waals surface area contributed by atoms with E-state index in [4.69, 9.17) is 0 Å². The lowest BCUT2D eigenvalue weighted by Crippen LogP contribution is -2.31. The van der Waals surface area contributed by atoms with Gasteiger partial charge in [0.15, 0.2) is 0 Å². The molecular weight excluding hydrogens is 246 g/mol. The van der Waals surface area contributed by atoms with Gasteiger partial charge in [-0.2, -0.15) is 5.10 Å². The van der Waals surface area contributed by atoms with E-state index < -0.39 is 0 Å². The third-order valence-electron chi connectivity index (χ3n) is 5.05. The van der Waals surface area contributed by atoms with E-state index in [0.717, 1.165) is 30.7 Å². The zero-order valence-electron chi connectivity index (χ0n) is 13.6. The Kier molecular flexibility index (Phi) is 5.64. The first kappa shape index (κ1) is 15.6. The van der Waals surface area contributed by atoms with Gasteiger partial charge in [0.1, 0.15) is 0 Å². The van der Waals surface area contributed by atoms with Gasteiger partial charge in [-0.25, -0.2) is 0 Å². The first-order valence-corrected chi connectivity index (χ1v) is 8.36. The lowest BCUT2D eigenvalue weighted by atomic mass is 9.74. The summed E-state index contributed by atoms with van der Waals surface area (Å²) in [6.07, 6.45) is 8.59. The predicted octanol–water partition coefficient (Wildman–Crippen LogP) is 4.02. The van der Waals surface area contributed by atoms with Crippen molar-refractivity contribution < 1.29 is 0 Å². The van der Waals surface area contributed by atoms with Crippen LogP contribution in [0.25, 0.3) is 0 Å². The fraction of sp³-hybridized carbons (Fsp3) is 0.824. The molecule has 0 spiro atoms. The number of aromatic nitrogens is 2. The number of hydrogen-bond acceptors (Lipinski definition) is 2. The molecule has 1 atom stereocenters. The summed E-state index contributed by atoms with van der Waals surface area (Å²) in [5, 5.41) is 8.05. The number of nitrogens with one attached hydrogen (secondary N) is 1. The lowest BCUT2D eigenvalue weighted by molar-refractivity contribution is 0.188. The molecule has 3 heteroatoms. The summed E-state index contributed by atoms with van der Waals surface area (Å²) in [5.74, 6) is 2.54. The van der Waals surface area contributed by atoms with Crippen molar-refractivity contribution >= 4 is 0 Å². The Balaban J connectivity index is 2.04. The molecule has 3 nitrogen and oxygen atoms in total. The van der Waals surface area contributed by atoms with Gasteiger partial charge in [0.2, 0.25) is 0 Å². The molecule has 0 saturated heterocycles. The van der Waals surface area contributed by atoms with Crippen LogP contribution in [0.1, 0.15) is 64.6 Å². The lowest BCUT2D eigenvalue weighted by Gasteiger charge is -2.35. The fourth-order valence-corrected chi connectivity index (χ4v) is 3.78. The second-order valence-electron chi connectivity index (χ2n) is 6.66. The summed E-state index contributed by atoms with van der Waals surface area (Å²) in [5.41, 5.74) is 1.38. The fourth-order valence-electron chi connectivity index (χ4n) is 3.78. The molecule has 20 heavy (non-hydrogen) atoms. The van der Waals surface area contributed by atoms with Gasteiger partial charge in [-0.05, 0) is 63.0 Å². The van der Waals surface area contributed by atoms with E-state index in [0.29, 0.717) is 6.04 Å². The van der Waals surface area contributed by atoms with Gasteiger partial charge in [0.25, 0.3) is 0 Å². The highest BCUT2D eigenvalue weighted by atomic mass is 15.3. The van der Waals surface area contributed by atoms with Gasteiger partial charge in [-0.15, -0.1) is 0 Å². The minimum atomic E-state index is 0.470. The predicted molar refractivity (Wildman–Crippen MR) is 84.6 cm³/mol. The van der Waals surface area contributed by atoms with Crippen LogP contribution >= 0.6 is 0 Å². The van der Waals surface area contributed by atoms with Crippen molar-refractivity contribution in [1.29, 1.82) is 0 Å². The maximum Gasteiger partial charge on any atom is 0.0556 e. The minimum Gasteiger partial charge on any atom is -0.311 e. The second-order valence-corrected chi connectivity index (χ2v) is 6.66. The van der Waals surface area contributed by atoms with Crippen LogP contribution in [-0.2, 0) is 6.54 Å². The number of rotatable bonds is 6. The molecule has 0 amide bonds. The summed E-state index contributed by atoms with van der Waals surface area (Å²) in [6.45, 7) is 7.99. The molecule has 0 bridgehead atoms. The first-order valence-electron chi connectivity index (χ1n) is 8.36. The van der Waals surface area contributed by atoms with Gasteiger partial charge >= 0.3 is 0 Å². The van der Waals surface area contributed by atoms with Crippen LogP contribution in [0.3, 0.4) is 0 Å². The van der Waals surface area contributed by atoms with Crippen LogP contribution in [0.4, 0.5) is 0 Å². The van der Waals surface area contributed by atoms with E-state index >= 15 is 0 Å². The van der Waals surface area contributed by atoms with E-state index in [1.54, 1.807) is 0 Å². The quantitative estimate of drug-likeness (QED) is 0.851. The van der Waals surface area contributed by atoms with Crippen LogP contribution in [0.5, 0.6) is 0 Å². The number of nitrogens with zero attached hydrogens (tertiary/aromatic N) is 2. The normalized spacial score (nSPS) is 25.1. The SMILES string of the molecule is CCCn1nccc1C(NC)C1CCC(C(C)C)CC1. The van der Waals surface area contributed by atoms with Crippen LogP contribution in [0.2, 0.25) is 0 Å². The summed E-state index contributed by atoms with van der Waals surface area (Å²) in [4.78, 5) is 0. The summed E-state index contributed by atoms with van der Waals surface area (Å²) < 4.78 is 2.19. The van der Waals surface area contributed by atoms with Crippen molar-refractivity contribution in [3.8, 4) is 0 Å². The zero-order chi connectivity index (χ0) is 14.5. The summed E-state index contributed by atoms with van der Waals surface area (Å²) in [7, 11) is 2.10. The highest BCUT2D eigenvalue weighted by Gasteiger charge is 2.30. The Morgan fingerprint density at radius 1 is 1.25 bits per heavy atom. The number of hydrogen-bond donors (Lipinski definition) is 1. The molecule has 2 rings (SSSR count). The summed E-state index contributed by atoms with van der Waals surface area (Å²) >= 11 is 0. The van der Waals surface area contributed by atoms with Crippen LogP contribution in [0.15, 0.2) is 12.3 Å². The van der Waals surface area contributed by atoms with Gasteiger partial charge in [-0.3, -0.25) is 4.68 Å². The van der Waals surface area contributed by atoms with Crippen molar-refractivity contribution in [2.45, 2.75) is 65.5 Å². The Morgan fingerprint density at radius 2 is 1.90 bits per heavy atom.